The fourth-order valence-corrected chi connectivity index (χ4v) is 6.69. The second-order valence-electron chi connectivity index (χ2n) is 7.28. The van der Waals surface area contributed by atoms with Crippen molar-refractivity contribution in [3.05, 3.63) is 53.5 Å². The molecule has 2 aromatic heterocycles. The SMILES string of the molecule is O=C(c1ccc2cc[nH]c2c1)N1C[C@@H]2C[C@H]1C[C@@H]2NS(=O)(=O)c1cccs1. The number of aromatic amines is 1. The van der Waals surface area contributed by atoms with Gasteiger partial charge in [-0.1, -0.05) is 12.1 Å². The van der Waals surface area contributed by atoms with Gasteiger partial charge in [0.05, 0.1) is 0 Å². The molecular weight excluding hydrogens is 382 g/mol. The summed E-state index contributed by atoms with van der Waals surface area (Å²) in [5.74, 6) is 0.196. The van der Waals surface area contributed by atoms with Crippen LogP contribution < -0.4 is 4.72 Å². The van der Waals surface area contributed by atoms with Crippen molar-refractivity contribution in [2.24, 2.45) is 5.92 Å². The number of likely N-dealkylation sites (tertiary alicyclic amines) is 1. The molecule has 3 aromatic rings. The number of carbonyl (C=O) groups excluding carboxylic acids is 1. The molecule has 0 unspecified atom stereocenters. The van der Waals surface area contributed by atoms with Crippen molar-refractivity contribution in [2.45, 2.75) is 29.1 Å². The maximum absolute atomic E-state index is 13.0. The number of H-pyrrole nitrogens is 1. The fraction of sp³-hybridized carbons (Fsp3) is 0.316. The van der Waals surface area contributed by atoms with Crippen LogP contribution in [0.3, 0.4) is 0 Å². The highest BCUT2D eigenvalue weighted by Gasteiger charge is 2.47. The summed E-state index contributed by atoms with van der Waals surface area (Å²) < 4.78 is 28.1. The number of nitrogens with zero attached hydrogens (tertiary/aromatic N) is 1. The molecule has 1 saturated heterocycles. The van der Waals surface area contributed by atoms with Gasteiger partial charge in [0.2, 0.25) is 10.0 Å². The van der Waals surface area contributed by atoms with Gasteiger partial charge in [-0.2, -0.15) is 0 Å². The summed E-state index contributed by atoms with van der Waals surface area (Å²) in [5, 5.41) is 2.84. The van der Waals surface area contributed by atoms with E-state index in [0.717, 1.165) is 17.3 Å². The van der Waals surface area contributed by atoms with Gasteiger partial charge in [-0.25, -0.2) is 13.1 Å². The van der Waals surface area contributed by atoms with Crippen molar-refractivity contribution in [2.75, 3.05) is 6.54 Å². The number of rotatable bonds is 4. The van der Waals surface area contributed by atoms with Crippen molar-refractivity contribution in [3.8, 4) is 0 Å². The first kappa shape index (κ1) is 17.0. The van der Waals surface area contributed by atoms with Gasteiger partial charge in [0.1, 0.15) is 4.21 Å². The molecule has 0 spiro atoms. The van der Waals surface area contributed by atoms with Crippen molar-refractivity contribution in [3.63, 3.8) is 0 Å². The number of thiophene rings is 1. The van der Waals surface area contributed by atoms with E-state index >= 15 is 0 Å². The van der Waals surface area contributed by atoms with Gasteiger partial charge >= 0.3 is 0 Å². The Morgan fingerprint density at radius 2 is 2.11 bits per heavy atom. The van der Waals surface area contributed by atoms with Crippen LogP contribution in [0.1, 0.15) is 23.2 Å². The third kappa shape index (κ3) is 2.88. The number of piperidine rings is 1. The molecule has 140 valence electrons. The van der Waals surface area contributed by atoms with Crippen molar-refractivity contribution >= 4 is 38.2 Å². The molecule has 1 saturated carbocycles. The Hall–Kier alpha value is -2.16. The average Bonchev–Trinajstić information content (AvgIpc) is 3.43. The molecule has 3 heterocycles. The highest BCUT2D eigenvalue weighted by molar-refractivity contribution is 7.91. The van der Waals surface area contributed by atoms with Gasteiger partial charge in [-0.15, -0.1) is 11.3 Å². The van der Waals surface area contributed by atoms with Crippen LogP contribution in [-0.2, 0) is 10.0 Å². The number of nitrogens with one attached hydrogen (secondary N) is 2. The zero-order valence-corrected chi connectivity index (χ0v) is 16.1. The average molecular weight is 402 g/mol. The van der Waals surface area contributed by atoms with Crippen LogP contribution in [0.2, 0.25) is 0 Å². The van der Waals surface area contributed by atoms with Crippen LogP contribution in [0.4, 0.5) is 0 Å². The summed E-state index contributed by atoms with van der Waals surface area (Å²) in [5.41, 5.74) is 1.63. The topological polar surface area (TPSA) is 82.3 Å². The lowest BCUT2D eigenvalue weighted by atomic mass is 10.0. The molecule has 0 radical (unpaired) electrons. The van der Waals surface area contributed by atoms with Crippen LogP contribution in [0.5, 0.6) is 0 Å². The molecule has 2 fully saturated rings. The molecule has 2 N–H and O–H groups in total. The molecule has 2 aliphatic rings. The Kier molecular flexibility index (Phi) is 3.89. The van der Waals surface area contributed by atoms with Crippen molar-refractivity contribution < 1.29 is 13.2 Å². The van der Waals surface area contributed by atoms with E-state index in [1.807, 2.05) is 35.4 Å². The highest BCUT2D eigenvalue weighted by atomic mass is 32.2. The molecule has 1 aliphatic heterocycles. The number of amides is 1. The number of carbonyl (C=O) groups is 1. The monoisotopic (exact) mass is 401 g/mol. The Labute approximate surface area is 161 Å². The Morgan fingerprint density at radius 3 is 2.85 bits per heavy atom. The maximum Gasteiger partial charge on any atom is 0.254 e. The number of fused-ring (bicyclic) bond motifs is 3. The summed E-state index contributed by atoms with van der Waals surface area (Å²) in [6.07, 6.45) is 3.39. The van der Waals surface area contributed by atoms with Gasteiger partial charge < -0.3 is 9.88 Å². The standard InChI is InChI=1S/C19H19N3O3S2/c23-19(13-4-3-12-5-6-20-16(12)9-13)22-11-14-8-15(22)10-17(14)21-27(24,25)18-2-1-7-26-18/h1-7,9,14-15,17,20-21H,8,10-11H2/t14-,15-,17-/m0/s1. The van der Waals surface area contributed by atoms with Gasteiger partial charge in [-0.3, -0.25) is 4.79 Å². The number of benzene rings is 1. The quantitative estimate of drug-likeness (QED) is 0.705. The minimum Gasteiger partial charge on any atom is -0.361 e. The Morgan fingerprint density at radius 1 is 1.22 bits per heavy atom. The lowest BCUT2D eigenvalue weighted by Gasteiger charge is -2.31. The number of aromatic nitrogens is 1. The van der Waals surface area contributed by atoms with E-state index in [-0.39, 0.29) is 23.9 Å². The van der Waals surface area contributed by atoms with E-state index in [9.17, 15) is 13.2 Å². The molecule has 1 amide bonds. The number of hydrogen-bond acceptors (Lipinski definition) is 4. The minimum atomic E-state index is -3.47. The van der Waals surface area contributed by atoms with E-state index in [2.05, 4.69) is 9.71 Å². The maximum atomic E-state index is 13.0. The van der Waals surface area contributed by atoms with Gasteiger partial charge in [0.15, 0.2) is 0 Å². The smallest absolute Gasteiger partial charge is 0.254 e. The van der Waals surface area contributed by atoms with Crippen molar-refractivity contribution in [1.29, 1.82) is 0 Å². The van der Waals surface area contributed by atoms with Crippen molar-refractivity contribution in [1.82, 2.24) is 14.6 Å². The number of sulfonamides is 1. The summed E-state index contributed by atoms with van der Waals surface area (Å²) in [6, 6.07) is 11.0. The zero-order chi connectivity index (χ0) is 18.6. The van der Waals surface area contributed by atoms with Gasteiger partial charge in [0.25, 0.3) is 5.91 Å². The van der Waals surface area contributed by atoms with E-state index in [4.69, 9.17) is 0 Å². The van der Waals surface area contributed by atoms with Crippen LogP contribution in [-0.4, -0.2) is 42.8 Å². The largest absolute Gasteiger partial charge is 0.361 e. The molecule has 27 heavy (non-hydrogen) atoms. The molecule has 3 atom stereocenters. The van der Waals surface area contributed by atoms with E-state index < -0.39 is 10.0 Å². The first-order chi connectivity index (χ1) is 13.0. The molecule has 6 nitrogen and oxygen atoms in total. The summed E-state index contributed by atoms with van der Waals surface area (Å²) >= 11 is 1.22. The third-order valence-electron chi connectivity index (χ3n) is 5.67. The van der Waals surface area contributed by atoms with E-state index in [1.54, 1.807) is 17.5 Å². The second-order valence-corrected chi connectivity index (χ2v) is 10.2. The first-order valence-corrected chi connectivity index (χ1v) is 11.3. The second kappa shape index (κ2) is 6.19. The van der Waals surface area contributed by atoms with Gasteiger partial charge in [0, 0.05) is 35.9 Å². The highest BCUT2D eigenvalue weighted by Crippen LogP contribution is 2.39. The Balaban J connectivity index is 1.30. The van der Waals surface area contributed by atoms with Crippen LogP contribution in [0.25, 0.3) is 10.9 Å². The summed E-state index contributed by atoms with van der Waals surface area (Å²) in [7, 11) is -3.47. The van der Waals surface area contributed by atoms with Gasteiger partial charge in [-0.05, 0) is 53.8 Å². The first-order valence-electron chi connectivity index (χ1n) is 8.95. The molecule has 2 bridgehead atoms. The number of hydrogen-bond donors (Lipinski definition) is 2. The summed E-state index contributed by atoms with van der Waals surface area (Å²) in [4.78, 5) is 18.0. The lowest BCUT2D eigenvalue weighted by molar-refractivity contribution is 0.0691. The minimum absolute atomic E-state index is 0.0264. The van der Waals surface area contributed by atoms with E-state index in [0.29, 0.717) is 22.7 Å². The predicted molar refractivity (Wildman–Crippen MR) is 104 cm³/mol. The molecule has 1 aliphatic carbocycles. The van der Waals surface area contributed by atoms with Crippen LogP contribution in [0, 0.1) is 5.92 Å². The van der Waals surface area contributed by atoms with E-state index in [1.165, 1.54) is 11.3 Å². The Bertz CT molecular complexity index is 1100. The predicted octanol–water partition coefficient (Wildman–Crippen LogP) is 2.81. The molecule has 8 heteroatoms. The fourth-order valence-electron chi connectivity index (χ4n) is 4.37. The van der Waals surface area contributed by atoms with Crippen LogP contribution in [0.15, 0.2) is 52.2 Å². The third-order valence-corrected chi connectivity index (χ3v) is 8.56. The zero-order valence-electron chi connectivity index (χ0n) is 14.5. The molecular formula is C19H19N3O3S2. The molecule has 1 aromatic carbocycles. The summed E-state index contributed by atoms with van der Waals surface area (Å²) in [6.45, 7) is 0.601. The lowest BCUT2D eigenvalue weighted by Crippen LogP contribution is -2.47. The molecule has 5 rings (SSSR count). The van der Waals surface area contributed by atoms with Crippen LogP contribution >= 0.6 is 11.3 Å². The normalized spacial score (nSPS) is 24.7.